The fourth-order valence-corrected chi connectivity index (χ4v) is 4.47. The van der Waals surface area contributed by atoms with Crippen molar-refractivity contribution in [2.45, 2.75) is 44.7 Å². The summed E-state index contributed by atoms with van der Waals surface area (Å²) in [6.07, 6.45) is 4.09. The lowest BCUT2D eigenvalue weighted by atomic mass is 9.84. The Hall–Kier alpha value is -2.41. The number of carbonyl (C=O) groups is 1. The third kappa shape index (κ3) is 4.19. The Bertz CT molecular complexity index is 793. The normalized spacial score (nSPS) is 23.9. The van der Waals surface area contributed by atoms with Gasteiger partial charge in [0.1, 0.15) is 6.04 Å². The standard InChI is InChI=1S/C21H29N5O2/c1-15(20-23-19(24-28-20)13-16-7-4-3-5-8-16)22-21(27)26-12-10-18-17(14-26)9-6-11-25(18)2/h3-5,7-8,15,17-18H,6,9-14H2,1-2H3,(H,22,27). The average Bonchev–Trinajstić information content (AvgIpc) is 3.17. The number of benzene rings is 1. The van der Waals surface area contributed by atoms with Crippen LogP contribution in [0.4, 0.5) is 4.79 Å². The van der Waals surface area contributed by atoms with Gasteiger partial charge < -0.3 is 19.6 Å². The van der Waals surface area contributed by atoms with E-state index in [0.717, 1.165) is 25.1 Å². The molecular weight excluding hydrogens is 354 g/mol. The Kier molecular flexibility index (Phi) is 5.62. The molecule has 2 aliphatic rings. The first-order chi connectivity index (χ1) is 13.6. The summed E-state index contributed by atoms with van der Waals surface area (Å²) in [5.41, 5.74) is 1.13. The Morgan fingerprint density at radius 3 is 2.93 bits per heavy atom. The van der Waals surface area contributed by atoms with Crippen LogP contribution in [-0.4, -0.2) is 58.7 Å². The first kappa shape index (κ1) is 18.9. The van der Waals surface area contributed by atoms with Crippen molar-refractivity contribution < 1.29 is 9.32 Å². The third-order valence-corrected chi connectivity index (χ3v) is 6.03. The minimum absolute atomic E-state index is 0.0398. The van der Waals surface area contributed by atoms with Crippen molar-refractivity contribution in [1.82, 2.24) is 25.3 Å². The van der Waals surface area contributed by atoms with Crippen LogP contribution >= 0.6 is 0 Å². The van der Waals surface area contributed by atoms with E-state index in [1.807, 2.05) is 42.2 Å². The molecule has 7 nitrogen and oxygen atoms in total. The van der Waals surface area contributed by atoms with Gasteiger partial charge in [-0.2, -0.15) is 4.98 Å². The van der Waals surface area contributed by atoms with Gasteiger partial charge in [0.15, 0.2) is 5.82 Å². The van der Waals surface area contributed by atoms with E-state index >= 15 is 0 Å². The molecule has 2 aromatic rings. The largest absolute Gasteiger partial charge is 0.337 e. The van der Waals surface area contributed by atoms with Crippen LogP contribution in [0, 0.1) is 5.92 Å². The number of aromatic nitrogens is 2. The molecule has 3 unspecified atom stereocenters. The fourth-order valence-electron chi connectivity index (χ4n) is 4.47. The molecule has 2 amide bonds. The number of likely N-dealkylation sites (tertiary alicyclic amines) is 2. The van der Waals surface area contributed by atoms with Gasteiger partial charge in [0.25, 0.3) is 0 Å². The van der Waals surface area contributed by atoms with E-state index in [2.05, 4.69) is 27.4 Å². The predicted molar refractivity (Wildman–Crippen MR) is 106 cm³/mol. The number of amides is 2. The zero-order chi connectivity index (χ0) is 19.5. The summed E-state index contributed by atoms with van der Waals surface area (Å²) < 4.78 is 5.39. The van der Waals surface area contributed by atoms with Gasteiger partial charge in [0.05, 0.1) is 0 Å². The maximum Gasteiger partial charge on any atom is 0.318 e. The SMILES string of the molecule is CC(NC(=O)N1CCC2C(CCCN2C)C1)c1nc(Cc2ccccc2)no1. The summed E-state index contributed by atoms with van der Waals surface area (Å²) in [6, 6.07) is 10.3. The monoisotopic (exact) mass is 383 g/mol. The quantitative estimate of drug-likeness (QED) is 0.879. The molecule has 7 heteroatoms. The van der Waals surface area contributed by atoms with Gasteiger partial charge >= 0.3 is 6.03 Å². The van der Waals surface area contributed by atoms with Crippen LogP contribution in [0.5, 0.6) is 0 Å². The number of piperidine rings is 2. The molecule has 1 N–H and O–H groups in total. The molecule has 0 aliphatic carbocycles. The molecule has 1 aromatic heterocycles. The second-order valence-corrected chi connectivity index (χ2v) is 8.07. The minimum Gasteiger partial charge on any atom is -0.337 e. The summed E-state index contributed by atoms with van der Waals surface area (Å²) in [5.74, 6) is 1.66. The minimum atomic E-state index is -0.309. The maximum atomic E-state index is 12.7. The third-order valence-electron chi connectivity index (χ3n) is 6.03. The number of hydrogen-bond donors (Lipinski definition) is 1. The van der Waals surface area contributed by atoms with Gasteiger partial charge in [0.2, 0.25) is 5.89 Å². The lowest BCUT2D eigenvalue weighted by Crippen LogP contribution is -2.55. The van der Waals surface area contributed by atoms with Crippen molar-refractivity contribution in [3.05, 3.63) is 47.6 Å². The van der Waals surface area contributed by atoms with Gasteiger partial charge in [-0.3, -0.25) is 0 Å². The van der Waals surface area contributed by atoms with Crippen LogP contribution < -0.4 is 5.32 Å². The highest BCUT2D eigenvalue weighted by molar-refractivity contribution is 5.74. The second kappa shape index (κ2) is 8.31. The van der Waals surface area contributed by atoms with Crippen LogP contribution in [0.15, 0.2) is 34.9 Å². The van der Waals surface area contributed by atoms with E-state index < -0.39 is 0 Å². The summed E-state index contributed by atoms with van der Waals surface area (Å²) >= 11 is 0. The highest BCUT2D eigenvalue weighted by Crippen LogP contribution is 2.29. The molecule has 0 saturated carbocycles. The number of rotatable bonds is 4. The number of hydrogen-bond acceptors (Lipinski definition) is 5. The molecule has 150 valence electrons. The highest BCUT2D eigenvalue weighted by atomic mass is 16.5. The molecule has 2 saturated heterocycles. The van der Waals surface area contributed by atoms with Crippen LogP contribution in [-0.2, 0) is 6.42 Å². The molecule has 0 spiro atoms. The molecule has 2 fully saturated rings. The number of nitrogens with zero attached hydrogens (tertiary/aromatic N) is 4. The van der Waals surface area contributed by atoms with Crippen LogP contribution in [0.1, 0.15) is 49.5 Å². The van der Waals surface area contributed by atoms with Crippen LogP contribution in [0.25, 0.3) is 0 Å². The zero-order valence-corrected chi connectivity index (χ0v) is 16.7. The molecule has 0 bridgehead atoms. The number of fused-ring (bicyclic) bond motifs is 1. The van der Waals surface area contributed by atoms with Gasteiger partial charge in [-0.25, -0.2) is 4.79 Å². The van der Waals surface area contributed by atoms with Crippen molar-refractivity contribution in [3.63, 3.8) is 0 Å². The summed E-state index contributed by atoms with van der Waals surface area (Å²) in [4.78, 5) is 21.6. The van der Waals surface area contributed by atoms with Crippen molar-refractivity contribution >= 4 is 6.03 Å². The van der Waals surface area contributed by atoms with Crippen LogP contribution in [0.2, 0.25) is 0 Å². The van der Waals surface area contributed by atoms with Crippen molar-refractivity contribution in [2.75, 3.05) is 26.7 Å². The molecule has 3 heterocycles. The molecule has 28 heavy (non-hydrogen) atoms. The van der Waals surface area contributed by atoms with Crippen molar-refractivity contribution in [1.29, 1.82) is 0 Å². The summed E-state index contributed by atoms with van der Waals surface area (Å²) in [6.45, 7) is 4.69. The predicted octanol–water partition coefficient (Wildman–Crippen LogP) is 2.85. The van der Waals surface area contributed by atoms with Gasteiger partial charge in [-0.05, 0) is 51.3 Å². The lowest BCUT2D eigenvalue weighted by molar-refractivity contribution is 0.0509. The number of carbonyl (C=O) groups excluding carboxylic acids is 1. The van der Waals surface area contributed by atoms with E-state index in [4.69, 9.17) is 4.52 Å². The smallest absolute Gasteiger partial charge is 0.318 e. The molecule has 4 rings (SSSR count). The molecule has 2 aliphatic heterocycles. The van der Waals surface area contributed by atoms with E-state index in [9.17, 15) is 4.79 Å². The summed E-state index contributed by atoms with van der Waals surface area (Å²) in [7, 11) is 2.21. The van der Waals surface area contributed by atoms with E-state index in [0.29, 0.717) is 30.1 Å². The highest BCUT2D eigenvalue weighted by Gasteiger charge is 2.36. The topological polar surface area (TPSA) is 74.5 Å². The maximum absolute atomic E-state index is 12.7. The molecule has 1 aromatic carbocycles. The molecule has 0 radical (unpaired) electrons. The lowest BCUT2D eigenvalue weighted by Gasteiger charge is -2.45. The Morgan fingerprint density at radius 1 is 1.29 bits per heavy atom. The Labute approximate surface area is 166 Å². The van der Waals surface area contributed by atoms with Crippen molar-refractivity contribution in [3.8, 4) is 0 Å². The van der Waals surface area contributed by atoms with Gasteiger partial charge in [0, 0.05) is 25.6 Å². The van der Waals surface area contributed by atoms with E-state index in [-0.39, 0.29) is 12.1 Å². The van der Waals surface area contributed by atoms with E-state index in [1.54, 1.807) is 0 Å². The van der Waals surface area contributed by atoms with Gasteiger partial charge in [-0.1, -0.05) is 35.5 Å². The molecular formula is C21H29N5O2. The Morgan fingerprint density at radius 2 is 2.11 bits per heavy atom. The zero-order valence-electron chi connectivity index (χ0n) is 16.7. The Balaban J connectivity index is 1.32. The first-order valence-electron chi connectivity index (χ1n) is 10.2. The first-order valence-corrected chi connectivity index (χ1v) is 10.2. The average molecular weight is 383 g/mol. The number of nitrogens with one attached hydrogen (secondary N) is 1. The van der Waals surface area contributed by atoms with E-state index in [1.165, 1.54) is 19.4 Å². The summed E-state index contributed by atoms with van der Waals surface area (Å²) in [5, 5.41) is 7.09. The second-order valence-electron chi connectivity index (χ2n) is 8.07. The number of urea groups is 1. The fraction of sp³-hybridized carbons (Fsp3) is 0.571. The molecule has 3 atom stereocenters. The van der Waals surface area contributed by atoms with Gasteiger partial charge in [-0.15, -0.1) is 0 Å². The van der Waals surface area contributed by atoms with Crippen molar-refractivity contribution in [2.24, 2.45) is 5.92 Å². The van der Waals surface area contributed by atoms with Crippen LogP contribution in [0.3, 0.4) is 0 Å².